The normalized spacial score (nSPS) is 10.6. The van der Waals surface area contributed by atoms with E-state index in [1.54, 1.807) is 6.92 Å². The standard InChI is InChI=1S/C12H9F4N3/c1-6-17-3-2-7(19-6)5-18-12-10(15)8(13)4-9(14)11(12)16/h2-4,18H,5H2,1H3. The van der Waals surface area contributed by atoms with Crippen molar-refractivity contribution in [2.45, 2.75) is 13.5 Å². The smallest absolute Gasteiger partial charge is 0.185 e. The summed E-state index contributed by atoms with van der Waals surface area (Å²) in [5.41, 5.74) is -0.412. The topological polar surface area (TPSA) is 37.8 Å². The number of aryl methyl sites for hydroxylation is 1. The van der Waals surface area contributed by atoms with Gasteiger partial charge in [0.2, 0.25) is 0 Å². The Morgan fingerprint density at radius 2 is 1.74 bits per heavy atom. The van der Waals surface area contributed by atoms with Crippen LogP contribution in [0, 0.1) is 30.2 Å². The van der Waals surface area contributed by atoms with Gasteiger partial charge in [-0.3, -0.25) is 0 Å². The minimum absolute atomic E-state index is 0.0832. The van der Waals surface area contributed by atoms with Gasteiger partial charge in [-0.1, -0.05) is 0 Å². The predicted octanol–water partition coefficient (Wildman–Crippen LogP) is 2.95. The molecule has 0 bridgehead atoms. The number of rotatable bonds is 3. The zero-order chi connectivity index (χ0) is 14.0. The Kier molecular flexibility index (Phi) is 3.64. The fourth-order valence-electron chi connectivity index (χ4n) is 1.51. The lowest BCUT2D eigenvalue weighted by atomic mass is 10.2. The van der Waals surface area contributed by atoms with Crippen LogP contribution in [0.1, 0.15) is 11.5 Å². The second kappa shape index (κ2) is 5.21. The first-order valence-corrected chi connectivity index (χ1v) is 5.34. The van der Waals surface area contributed by atoms with Gasteiger partial charge >= 0.3 is 0 Å². The van der Waals surface area contributed by atoms with Crippen LogP contribution in [0.2, 0.25) is 0 Å². The molecule has 0 unspecified atom stereocenters. The molecule has 7 heteroatoms. The summed E-state index contributed by atoms with van der Waals surface area (Å²) in [6, 6.07) is 1.68. The number of halogens is 4. The highest BCUT2D eigenvalue weighted by Gasteiger charge is 2.18. The zero-order valence-electron chi connectivity index (χ0n) is 9.85. The second-order valence-electron chi connectivity index (χ2n) is 3.79. The van der Waals surface area contributed by atoms with Crippen molar-refractivity contribution < 1.29 is 17.6 Å². The Morgan fingerprint density at radius 3 is 2.32 bits per heavy atom. The molecule has 1 heterocycles. The Morgan fingerprint density at radius 1 is 1.11 bits per heavy atom. The van der Waals surface area contributed by atoms with Gasteiger partial charge < -0.3 is 5.32 Å². The lowest BCUT2D eigenvalue weighted by molar-refractivity contribution is 0.458. The fourth-order valence-corrected chi connectivity index (χ4v) is 1.51. The third-order valence-corrected chi connectivity index (χ3v) is 2.39. The van der Waals surface area contributed by atoms with Crippen LogP contribution in [0.5, 0.6) is 0 Å². The van der Waals surface area contributed by atoms with Crippen molar-refractivity contribution in [2.24, 2.45) is 0 Å². The first-order chi connectivity index (χ1) is 8.99. The van der Waals surface area contributed by atoms with E-state index >= 15 is 0 Å². The van der Waals surface area contributed by atoms with Crippen molar-refractivity contribution in [3.8, 4) is 0 Å². The van der Waals surface area contributed by atoms with E-state index in [1.165, 1.54) is 12.3 Å². The van der Waals surface area contributed by atoms with Crippen molar-refractivity contribution >= 4 is 5.69 Å². The van der Waals surface area contributed by atoms with Gasteiger partial charge in [0, 0.05) is 12.3 Å². The average molecular weight is 271 g/mol. The van der Waals surface area contributed by atoms with Crippen LogP contribution < -0.4 is 5.32 Å². The molecule has 3 nitrogen and oxygen atoms in total. The van der Waals surface area contributed by atoms with E-state index in [2.05, 4.69) is 15.3 Å². The monoisotopic (exact) mass is 271 g/mol. The molecule has 0 aliphatic rings. The molecule has 1 aromatic heterocycles. The number of hydrogen-bond donors (Lipinski definition) is 1. The van der Waals surface area contributed by atoms with E-state index in [9.17, 15) is 17.6 Å². The molecule has 0 saturated carbocycles. The van der Waals surface area contributed by atoms with Crippen molar-refractivity contribution in [3.63, 3.8) is 0 Å². The van der Waals surface area contributed by atoms with Crippen LogP contribution in [0.3, 0.4) is 0 Å². The summed E-state index contributed by atoms with van der Waals surface area (Å²) in [7, 11) is 0. The molecule has 0 fully saturated rings. The predicted molar refractivity (Wildman–Crippen MR) is 60.4 cm³/mol. The van der Waals surface area contributed by atoms with E-state index < -0.39 is 29.0 Å². The molecular weight excluding hydrogens is 262 g/mol. The molecule has 2 rings (SSSR count). The molecule has 2 aromatic rings. The maximum Gasteiger partial charge on any atom is 0.185 e. The van der Waals surface area contributed by atoms with Crippen LogP contribution in [-0.2, 0) is 6.54 Å². The summed E-state index contributed by atoms with van der Waals surface area (Å²) in [6.07, 6.45) is 1.47. The van der Waals surface area contributed by atoms with Gasteiger partial charge in [-0.15, -0.1) is 0 Å². The molecule has 1 N–H and O–H groups in total. The molecular formula is C12H9F4N3. The Balaban J connectivity index is 2.25. The minimum Gasteiger partial charge on any atom is -0.374 e. The summed E-state index contributed by atoms with van der Waals surface area (Å²) in [4.78, 5) is 7.84. The van der Waals surface area contributed by atoms with Gasteiger partial charge in [0.1, 0.15) is 11.5 Å². The van der Waals surface area contributed by atoms with E-state index in [4.69, 9.17) is 0 Å². The number of benzene rings is 1. The second-order valence-corrected chi connectivity index (χ2v) is 3.79. The Hall–Kier alpha value is -2.18. The average Bonchev–Trinajstić information content (AvgIpc) is 2.36. The first kappa shape index (κ1) is 13.3. The van der Waals surface area contributed by atoms with Crippen LogP contribution in [0.15, 0.2) is 18.3 Å². The molecule has 0 spiro atoms. The molecule has 0 aliphatic heterocycles. The molecule has 100 valence electrons. The maximum absolute atomic E-state index is 13.3. The lowest BCUT2D eigenvalue weighted by Gasteiger charge is -2.09. The Labute approximate surface area is 106 Å². The van der Waals surface area contributed by atoms with Gasteiger partial charge in [-0.2, -0.15) is 0 Å². The minimum atomic E-state index is -1.47. The van der Waals surface area contributed by atoms with Gasteiger partial charge in [-0.05, 0) is 13.0 Å². The third kappa shape index (κ3) is 2.81. The largest absolute Gasteiger partial charge is 0.374 e. The van der Waals surface area contributed by atoms with Gasteiger partial charge in [0.05, 0.1) is 12.2 Å². The van der Waals surface area contributed by atoms with Gasteiger partial charge in [-0.25, -0.2) is 27.5 Å². The van der Waals surface area contributed by atoms with Crippen molar-refractivity contribution in [2.75, 3.05) is 5.32 Å². The van der Waals surface area contributed by atoms with Gasteiger partial charge in [0.25, 0.3) is 0 Å². The summed E-state index contributed by atoms with van der Waals surface area (Å²) in [5.74, 6) is -5.37. The fraction of sp³-hybridized carbons (Fsp3) is 0.167. The molecule has 0 amide bonds. The molecule has 0 aliphatic carbocycles. The van der Waals surface area contributed by atoms with Gasteiger partial charge in [0.15, 0.2) is 23.3 Å². The van der Waals surface area contributed by atoms with E-state index in [0.29, 0.717) is 11.5 Å². The maximum atomic E-state index is 13.3. The Bertz CT molecular complexity index is 590. The number of hydrogen-bond acceptors (Lipinski definition) is 3. The summed E-state index contributed by atoms with van der Waals surface area (Å²) < 4.78 is 52.6. The number of anilines is 1. The number of nitrogens with one attached hydrogen (secondary N) is 1. The number of aromatic nitrogens is 2. The summed E-state index contributed by atoms with van der Waals surface area (Å²) in [5, 5.41) is 2.29. The van der Waals surface area contributed by atoms with Crippen LogP contribution >= 0.6 is 0 Å². The van der Waals surface area contributed by atoms with Crippen LogP contribution in [0.25, 0.3) is 0 Å². The van der Waals surface area contributed by atoms with Crippen molar-refractivity contribution in [1.82, 2.24) is 9.97 Å². The van der Waals surface area contributed by atoms with E-state index in [0.717, 1.165) is 0 Å². The van der Waals surface area contributed by atoms with E-state index in [-0.39, 0.29) is 12.6 Å². The van der Waals surface area contributed by atoms with Crippen LogP contribution in [-0.4, -0.2) is 9.97 Å². The molecule has 0 saturated heterocycles. The highest BCUT2D eigenvalue weighted by atomic mass is 19.2. The highest BCUT2D eigenvalue weighted by Crippen LogP contribution is 2.24. The summed E-state index contributed by atoms with van der Waals surface area (Å²) in [6.45, 7) is 1.56. The van der Waals surface area contributed by atoms with Crippen molar-refractivity contribution in [1.29, 1.82) is 0 Å². The van der Waals surface area contributed by atoms with E-state index in [1.807, 2.05) is 0 Å². The lowest BCUT2D eigenvalue weighted by Crippen LogP contribution is -2.08. The number of nitrogens with zero attached hydrogens (tertiary/aromatic N) is 2. The van der Waals surface area contributed by atoms with Crippen LogP contribution in [0.4, 0.5) is 23.2 Å². The first-order valence-electron chi connectivity index (χ1n) is 5.34. The third-order valence-electron chi connectivity index (χ3n) is 2.39. The molecule has 0 radical (unpaired) electrons. The quantitative estimate of drug-likeness (QED) is 0.689. The SMILES string of the molecule is Cc1nccc(CNc2c(F)c(F)cc(F)c2F)n1. The zero-order valence-corrected chi connectivity index (χ0v) is 9.85. The van der Waals surface area contributed by atoms with Crippen molar-refractivity contribution in [3.05, 3.63) is 53.1 Å². The molecule has 19 heavy (non-hydrogen) atoms. The summed E-state index contributed by atoms with van der Waals surface area (Å²) >= 11 is 0. The molecule has 1 aromatic carbocycles. The highest BCUT2D eigenvalue weighted by molar-refractivity contribution is 5.47. The molecule has 0 atom stereocenters.